The highest BCUT2D eigenvalue weighted by Crippen LogP contribution is 2.25. The maximum absolute atomic E-state index is 11.9. The van der Waals surface area contributed by atoms with Crippen molar-refractivity contribution in [3.63, 3.8) is 0 Å². The van der Waals surface area contributed by atoms with E-state index in [1.165, 1.54) is 23.1 Å². The lowest BCUT2D eigenvalue weighted by Crippen LogP contribution is -2.14. The van der Waals surface area contributed by atoms with Gasteiger partial charge in [-0.2, -0.15) is 5.26 Å². The first-order valence-electron chi connectivity index (χ1n) is 5.76. The zero-order chi connectivity index (χ0) is 15.2. The number of amides is 1. The van der Waals surface area contributed by atoms with Gasteiger partial charge in [-0.3, -0.25) is 4.79 Å². The molecule has 1 aromatic heterocycles. The van der Waals surface area contributed by atoms with Crippen LogP contribution in [0, 0.1) is 17.6 Å². The molecule has 9 heteroatoms. The number of nitrogens with one attached hydrogen (secondary N) is 1. The van der Waals surface area contributed by atoms with Gasteiger partial charge in [0.05, 0.1) is 5.75 Å². The monoisotopic (exact) mass is 337 g/mol. The minimum atomic E-state index is -0.127. The van der Waals surface area contributed by atoms with Gasteiger partial charge < -0.3 is 11.1 Å². The summed E-state index contributed by atoms with van der Waals surface area (Å²) in [5, 5.41) is 21.4. The molecule has 2 rings (SSSR count). The van der Waals surface area contributed by atoms with E-state index < -0.39 is 0 Å². The number of nitrogens with zero attached hydrogens (tertiary/aromatic N) is 3. The summed E-state index contributed by atoms with van der Waals surface area (Å²) in [5.74, 6) is 0.112. The third-order valence-corrected chi connectivity index (χ3v) is 4.85. The number of thiocyanates is 1. The first-order chi connectivity index (χ1) is 10.1. The van der Waals surface area contributed by atoms with E-state index in [1.54, 1.807) is 12.1 Å². The summed E-state index contributed by atoms with van der Waals surface area (Å²) in [5.41, 5.74) is 7.12. The number of hydrogen-bond donors (Lipinski definition) is 2. The molecule has 0 spiro atoms. The zero-order valence-corrected chi connectivity index (χ0v) is 13.4. The van der Waals surface area contributed by atoms with Gasteiger partial charge in [-0.25, -0.2) is 0 Å². The number of aromatic nitrogens is 2. The van der Waals surface area contributed by atoms with Crippen LogP contribution in [0.3, 0.4) is 0 Å². The van der Waals surface area contributed by atoms with Crippen molar-refractivity contribution in [2.45, 2.75) is 16.2 Å². The molecule has 0 radical (unpaired) electrons. The summed E-state index contributed by atoms with van der Waals surface area (Å²) in [6.45, 7) is 1.88. The number of benzene rings is 1. The fraction of sp³-hybridized carbons (Fsp3) is 0.167. The smallest absolute Gasteiger partial charge is 0.234 e. The molecule has 21 heavy (non-hydrogen) atoms. The lowest BCUT2D eigenvalue weighted by atomic mass is 10.2. The van der Waals surface area contributed by atoms with Gasteiger partial charge in [0, 0.05) is 10.6 Å². The largest absolute Gasteiger partial charge is 0.374 e. The van der Waals surface area contributed by atoms with Crippen LogP contribution >= 0.6 is 34.9 Å². The van der Waals surface area contributed by atoms with Gasteiger partial charge in [0.2, 0.25) is 11.0 Å². The molecule has 108 valence electrons. The second-order valence-corrected chi connectivity index (χ2v) is 7.00. The highest BCUT2D eigenvalue weighted by molar-refractivity contribution is 8.03. The van der Waals surface area contributed by atoms with E-state index in [0.29, 0.717) is 9.47 Å². The van der Waals surface area contributed by atoms with Crippen molar-refractivity contribution in [1.82, 2.24) is 10.2 Å². The molecule has 0 aliphatic heterocycles. The molecule has 3 N–H and O–H groups in total. The van der Waals surface area contributed by atoms with Crippen LogP contribution in [0.2, 0.25) is 0 Å². The summed E-state index contributed by atoms with van der Waals surface area (Å²) >= 11 is 3.63. The second kappa shape index (κ2) is 7.31. The fourth-order valence-corrected chi connectivity index (χ4v) is 3.40. The molecule has 1 amide bonds. The lowest BCUT2D eigenvalue weighted by Gasteiger charge is -2.08. The molecule has 0 aliphatic carbocycles. The highest BCUT2D eigenvalue weighted by Gasteiger charge is 2.09. The van der Waals surface area contributed by atoms with Crippen LogP contribution in [0.15, 0.2) is 27.4 Å². The van der Waals surface area contributed by atoms with E-state index in [4.69, 9.17) is 11.0 Å². The fourth-order valence-electron chi connectivity index (χ4n) is 1.48. The van der Waals surface area contributed by atoms with Gasteiger partial charge in [-0.1, -0.05) is 23.1 Å². The summed E-state index contributed by atoms with van der Waals surface area (Å²) in [6.07, 6.45) is 0. The van der Waals surface area contributed by atoms with E-state index in [0.717, 1.165) is 27.9 Å². The molecule has 0 atom stereocenters. The molecule has 0 aliphatic rings. The van der Waals surface area contributed by atoms with Gasteiger partial charge in [0.15, 0.2) is 4.34 Å². The summed E-state index contributed by atoms with van der Waals surface area (Å²) < 4.78 is 0.667. The average molecular weight is 337 g/mol. The Morgan fingerprint density at radius 2 is 2.33 bits per heavy atom. The summed E-state index contributed by atoms with van der Waals surface area (Å²) in [7, 11) is 0. The average Bonchev–Trinajstić information content (AvgIpc) is 2.86. The normalized spacial score (nSPS) is 10.1. The van der Waals surface area contributed by atoms with Gasteiger partial charge in [-0.15, -0.1) is 10.2 Å². The van der Waals surface area contributed by atoms with Gasteiger partial charge in [-0.05, 0) is 42.4 Å². The lowest BCUT2D eigenvalue weighted by molar-refractivity contribution is -0.113. The van der Waals surface area contributed by atoms with Crippen LogP contribution < -0.4 is 11.1 Å². The SMILES string of the molecule is Cc1cc(SC#N)ccc1NC(=O)CSc1nnc(N)s1. The first-order valence-corrected chi connectivity index (χ1v) is 8.38. The van der Waals surface area contributed by atoms with E-state index in [-0.39, 0.29) is 11.7 Å². The third kappa shape index (κ3) is 4.63. The van der Waals surface area contributed by atoms with Crippen molar-refractivity contribution < 1.29 is 4.79 Å². The molecule has 0 fully saturated rings. The predicted molar refractivity (Wildman–Crippen MR) is 86.3 cm³/mol. The number of hydrogen-bond acceptors (Lipinski definition) is 8. The molecule has 1 aromatic carbocycles. The van der Waals surface area contributed by atoms with E-state index in [9.17, 15) is 4.79 Å². The molecule has 0 saturated heterocycles. The Hall–Kier alpha value is -1.76. The number of anilines is 2. The first kappa shape index (κ1) is 15.6. The zero-order valence-electron chi connectivity index (χ0n) is 11.0. The number of carbonyl (C=O) groups excluding carboxylic acids is 1. The van der Waals surface area contributed by atoms with Crippen LogP contribution in [0.5, 0.6) is 0 Å². The molecular weight excluding hydrogens is 326 g/mol. The molecular formula is C12H11N5OS3. The van der Waals surface area contributed by atoms with Crippen LogP contribution in [0.25, 0.3) is 0 Å². The molecule has 0 bridgehead atoms. The van der Waals surface area contributed by atoms with Crippen molar-refractivity contribution in [3.8, 4) is 5.40 Å². The number of nitrogens with two attached hydrogens (primary N) is 1. The number of thioether (sulfide) groups is 2. The molecule has 1 heterocycles. The Morgan fingerprint density at radius 3 is 2.95 bits per heavy atom. The van der Waals surface area contributed by atoms with Crippen molar-refractivity contribution >= 4 is 51.6 Å². The van der Waals surface area contributed by atoms with E-state index in [2.05, 4.69) is 15.5 Å². The van der Waals surface area contributed by atoms with Gasteiger partial charge in [0.25, 0.3) is 0 Å². The number of aryl methyl sites for hydroxylation is 1. The minimum absolute atomic E-state index is 0.127. The maximum atomic E-state index is 11.9. The number of nitrogen functional groups attached to an aromatic ring is 1. The quantitative estimate of drug-likeness (QED) is 0.638. The van der Waals surface area contributed by atoms with Crippen LogP contribution in [-0.4, -0.2) is 21.9 Å². The molecule has 0 saturated carbocycles. The van der Waals surface area contributed by atoms with Gasteiger partial charge >= 0.3 is 0 Å². The Bertz CT molecular complexity index is 694. The van der Waals surface area contributed by atoms with Crippen LogP contribution in [-0.2, 0) is 4.79 Å². The Morgan fingerprint density at radius 1 is 1.52 bits per heavy atom. The number of carbonyl (C=O) groups is 1. The summed E-state index contributed by atoms with van der Waals surface area (Å²) in [6, 6.07) is 5.46. The van der Waals surface area contributed by atoms with Crippen molar-refractivity contribution in [1.29, 1.82) is 5.26 Å². The maximum Gasteiger partial charge on any atom is 0.234 e. The molecule has 6 nitrogen and oxygen atoms in total. The highest BCUT2D eigenvalue weighted by atomic mass is 32.2. The number of nitriles is 1. The molecule has 0 unspecified atom stereocenters. The molecule has 2 aromatic rings. The number of rotatable bonds is 5. The van der Waals surface area contributed by atoms with Crippen LogP contribution in [0.4, 0.5) is 10.8 Å². The van der Waals surface area contributed by atoms with Crippen LogP contribution in [0.1, 0.15) is 5.56 Å². The second-order valence-electron chi connectivity index (χ2n) is 3.91. The van der Waals surface area contributed by atoms with Crippen molar-refractivity contribution in [3.05, 3.63) is 23.8 Å². The topological polar surface area (TPSA) is 105 Å². The Kier molecular flexibility index (Phi) is 5.44. The van der Waals surface area contributed by atoms with E-state index in [1.807, 2.05) is 18.4 Å². The third-order valence-electron chi connectivity index (χ3n) is 2.38. The summed E-state index contributed by atoms with van der Waals surface area (Å²) in [4.78, 5) is 12.7. The minimum Gasteiger partial charge on any atom is -0.374 e. The van der Waals surface area contributed by atoms with Crippen molar-refractivity contribution in [2.24, 2.45) is 0 Å². The van der Waals surface area contributed by atoms with E-state index >= 15 is 0 Å². The van der Waals surface area contributed by atoms with Gasteiger partial charge in [0.1, 0.15) is 5.40 Å². The standard InChI is InChI=1S/C12H11N5OS3/c1-7-4-8(20-6-13)2-3-9(7)15-10(18)5-19-12-17-16-11(14)21-12/h2-4H,5H2,1H3,(H2,14,16)(H,15,18). The Balaban J connectivity index is 1.92. The van der Waals surface area contributed by atoms with Crippen molar-refractivity contribution in [2.75, 3.05) is 16.8 Å². The Labute approximate surface area is 134 Å². The predicted octanol–water partition coefficient (Wildman–Crippen LogP) is 2.73.